The number of hydrogen-bond acceptors (Lipinski definition) is 1. The van der Waals surface area contributed by atoms with Crippen LogP contribution in [0.2, 0.25) is 5.02 Å². The van der Waals surface area contributed by atoms with Crippen LogP contribution in [0.15, 0.2) is 23.2 Å². The van der Waals surface area contributed by atoms with Crippen LogP contribution in [0.1, 0.15) is 13.3 Å². The van der Waals surface area contributed by atoms with Crippen molar-refractivity contribution in [2.45, 2.75) is 13.3 Å². The zero-order valence-corrected chi connectivity index (χ0v) is 11.3. The van der Waals surface area contributed by atoms with Gasteiger partial charge in [0.15, 0.2) is 5.96 Å². The van der Waals surface area contributed by atoms with Crippen LogP contribution in [0.25, 0.3) is 0 Å². The molecule has 0 saturated heterocycles. The quantitative estimate of drug-likeness (QED) is 0.506. The third-order valence-electron chi connectivity index (χ3n) is 1.70. The number of anilines is 1. The summed E-state index contributed by atoms with van der Waals surface area (Å²) < 4.78 is 1.09. The molecule has 0 aliphatic carbocycles. The lowest BCUT2D eigenvalue weighted by molar-refractivity contribution is 0.929. The molecule has 0 spiro atoms. The van der Waals surface area contributed by atoms with Crippen molar-refractivity contribution in [3.8, 4) is 0 Å². The van der Waals surface area contributed by atoms with Gasteiger partial charge < -0.3 is 11.1 Å². The molecule has 3 nitrogen and oxygen atoms in total. The van der Waals surface area contributed by atoms with Crippen molar-refractivity contribution in [3.05, 3.63) is 26.8 Å². The Bertz CT molecular complexity index is 366. The average molecular weight is 338 g/mol. The van der Waals surface area contributed by atoms with Crippen LogP contribution in [0.4, 0.5) is 5.69 Å². The first-order chi connectivity index (χ1) is 7.13. The maximum Gasteiger partial charge on any atom is 0.193 e. The summed E-state index contributed by atoms with van der Waals surface area (Å²) in [6, 6.07) is 5.72. The highest BCUT2D eigenvalue weighted by Gasteiger charge is 2.01. The van der Waals surface area contributed by atoms with Crippen molar-refractivity contribution in [2.75, 3.05) is 11.9 Å². The Hall–Kier alpha value is -0.490. The van der Waals surface area contributed by atoms with Crippen LogP contribution in [-0.2, 0) is 0 Å². The number of nitrogens with zero attached hydrogens (tertiary/aromatic N) is 1. The highest BCUT2D eigenvalue weighted by Crippen LogP contribution is 2.23. The molecule has 1 aromatic carbocycles. The molecule has 0 radical (unpaired) electrons. The first-order valence-electron chi connectivity index (χ1n) is 4.65. The fourth-order valence-corrected chi connectivity index (χ4v) is 1.90. The van der Waals surface area contributed by atoms with Gasteiger partial charge in [-0.25, -0.2) is 0 Å². The lowest BCUT2D eigenvalue weighted by Gasteiger charge is -2.07. The van der Waals surface area contributed by atoms with E-state index in [-0.39, 0.29) is 0 Å². The van der Waals surface area contributed by atoms with E-state index in [1.807, 2.05) is 18.2 Å². The Kier molecular flexibility index (Phi) is 5.17. The summed E-state index contributed by atoms with van der Waals surface area (Å²) in [7, 11) is 0. The molecule has 0 aromatic heterocycles. The normalized spacial score (nSPS) is 11.5. The number of nitrogens with two attached hydrogens (primary N) is 1. The van der Waals surface area contributed by atoms with Crippen molar-refractivity contribution >= 4 is 45.8 Å². The summed E-state index contributed by atoms with van der Waals surface area (Å²) >= 11 is 8.23. The van der Waals surface area contributed by atoms with E-state index < -0.39 is 0 Å². The van der Waals surface area contributed by atoms with Gasteiger partial charge in [0.2, 0.25) is 0 Å². The fourth-order valence-electron chi connectivity index (χ4n) is 1.00. The summed E-state index contributed by atoms with van der Waals surface area (Å²) in [5.41, 5.74) is 6.46. The SMILES string of the molecule is CCCN=C(N)Nc1ccc(I)cc1Cl. The van der Waals surface area contributed by atoms with Crippen LogP contribution in [0.3, 0.4) is 0 Å². The van der Waals surface area contributed by atoms with E-state index in [2.05, 4.69) is 39.8 Å². The van der Waals surface area contributed by atoms with Gasteiger partial charge in [0.1, 0.15) is 0 Å². The standard InChI is InChI=1S/C10H13ClIN3/c1-2-5-14-10(13)15-9-4-3-7(12)6-8(9)11/h3-4,6H,2,5H2,1H3,(H3,13,14,15). The van der Waals surface area contributed by atoms with E-state index in [9.17, 15) is 0 Å². The van der Waals surface area contributed by atoms with E-state index in [1.165, 1.54) is 0 Å². The Labute approximate surface area is 108 Å². The summed E-state index contributed by atoms with van der Waals surface area (Å²) in [4.78, 5) is 4.12. The lowest BCUT2D eigenvalue weighted by Crippen LogP contribution is -2.23. The second-order valence-electron chi connectivity index (χ2n) is 3.02. The Morgan fingerprint density at radius 2 is 2.33 bits per heavy atom. The van der Waals surface area contributed by atoms with Crippen molar-refractivity contribution in [2.24, 2.45) is 10.7 Å². The van der Waals surface area contributed by atoms with Gasteiger partial charge in [0.25, 0.3) is 0 Å². The second-order valence-corrected chi connectivity index (χ2v) is 4.67. The molecule has 0 aliphatic rings. The third-order valence-corrected chi connectivity index (χ3v) is 2.68. The van der Waals surface area contributed by atoms with Gasteiger partial charge >= 0.3 is 0 Å². The number of guanidine groups is 1. The van der Waals surface area contributed by atoms with E-state index >= 15 is 0 Å². The largest absolute Gasteiger partial charge is 0.370 e. The number of aliphatic imine (C=N–C) groups is 1. The van der Waals surface area contributed by atoms with Gasteiger partial charge in [-0.1, -0.05) is 18.5 Å². The predicted octanol–water partition coefficient (Wildman–Crippen LogP) is 3.08. The number of nitrogens with one attached hydrogen (secondary N) is 1. The monoisotopic (exact) mass is 337 g/mol. The van der Waals surface area contributed by atoms with Gasteiger partial charge in [-0.3, -0.25) is 4.99 Å². The van der Waals surface area contributed by atoms with Gasteiger partial charge in [-0.15, -0.1) is 0 Å². The molecule has 0 unspecified atom stereocenters. The molecular weight excluding hydrogens is 324 g/mol. The minimum Gasteiger partial charge on any atom is -0.370 e. The van der Waals surface area contributed by atoms with Crippen LogP contribution in [0, 0.1) is 3.57 Å². The highest BCUT2D eigenvalue weighted by molar-refractivity contribution is 14.1. The summed E-state index contributed by atoms with van der Waals surface area (Å²) in [5, 5.41) is 3.61. The number of rotatable bonds is 3. The summed E-state index contributed by atoms with van der Waals surface area (Å²) in [6.07, 6.45) is 0.975. The topological polar surface area (TPSA) is 50.4 Å². The van der Waals surface area contributed by atoms with Crippen LogP contribution in [-0.4, -0.2) is 12.5 Å². The Balaban J connectivity index is 2.72. The molecule has 5 heteroatoms. The smallest absolute Gasteiger partial charge is 0.193 e. The second kappa shape index (κ2) is 6.17. The molecular formula is C10H13ClIN3. The number of halogens is 2. The Morgan fingerprint density at radius 3 is 2.93 bits per heavy atom. The minimum absolute atomic E-state index is 0.403. The zero-order chi connectivity index (χ0) is 11.3. The highest BCUT2D eigenvalue weighted by atomic mass is 127. The van der Waals surface area contributed by atoms with E-state index in [4.69, 9.17) is 17.3 Å². The molecule has 1 aromatic rings. The first-order valence-corrected chi connectivity index (χ1v) is 6.11. The predicted molar refractivity (Wildman–Crippen MR) is 74.6 cm³/mol. The van der Waals surface area contributed by atoms with Crippen LogP contribution >= 0.6 is 34.2 Å². The van der Waals surface area contributed by atoms with Gasteiger partial charge in [0, 0.05) is 10.1 Å². The van der Waals surface area contributed by atoms with E-state index in [0.717, 1.165) is 22.2 Å². The van der Waals surface area contributed by atoms with Crippen LogP contribution < -0.4 is 11.1 Å². The maximum atomic E-state index is 6.03. The molecule has 3 N–H and O–H groups in total. The molecule has 82 valence electrons. The average Bonchev–Trinajstić information content (AvgIpc) is 2.19. The molecule has 0 bridgehead atoms. The van der Waals surface area contributed by atoms with E-state index in [0.29, 0.717) is 11.0 Å². The van der Waals surface area contributed by atoms with Gasteiger partial charge in [0.05, 0.1) is 10.7 Å². The summed E-state index contributed by atoms with van der Waals surface area (Å²) in [6.45, 7) is 2.77. The van der Waals surface area contributed by atoms with Gasteiger partial charge in [-0.05, 0) is 47.2 Å². The number of benzene rings is 1. The molecule has 1 rings (SSSR count). The maximum absolute atomic E-state index is 6.03. The van der Waals surface area contributed by atoms with Gasteiger partial charge in [-0.2, -0.15) is 0 Å². The summed E-state index contributed by atoms with van der Waals surface area (Å²) in [5.74, 6) is 0.403. The number of hydrogen-bond donors (Lipinski definition) is 2. The Morgan fingerprint density at radius 1 is 1.60 bits per heavy atom. The lowest BCUT2D eigenvalue weighted by atomic mass is 10.3. The van der Waals surface area contributed by atoms with Crippen molar-refractivity contribution in [1.29, 1.82) is 0 Å². The van der Waals surface area contributed by atoms with E-state index in [1.54, 1.807) is 0 Å². The fraction of sp³-hybridized carbons (Fsp3) is 0.300. The molecule has 0 atom stereocenters. The molecule has 0 aliphatic heterocycles. The van der Waals surface area contributed by atoms with Crippen molar-refractivity contribution < 1.29 is 0 Å². The van der Waals surface area contributed by atoms with Crippen molar-refractivity contribution in [1.82, 2.24) is 0 Å². The van der Waals surface area contributed by atoms with Crippen LogP contribution in [0.5, 0.6) is 0 Å². The van der Waals surface area contributed by atoms with Crippen molar-refractivity contribution in [3.63, 3.8) is 0 Å². The first kappa shape index (κ1) is 12.6. The molecule has 0 heterocycles. The molecule has 0 amide bonds. The molecule has 0 fully saturated rings. The zero-order valence-electron chi connectivity index (χ0n) is 8.43. The molecule has 15 heavy (non-hydrogen) atoms. The third kappa shape index (κ3) is 4.25. The molecule has 0 saturated carbocycles. The minimum atomic E-state index is 0.403.